The Morgan fingerprint density at radius 2 is 2.09 bits per heavy atom. The van der Waals surface area contributed by atoms with Crippen molar-refractivity contribution in [1.82, 2.24) is 5.32 Å². The quantitative estimate of drug-likeness (QED) is 0.927. The van der Waals surface area contributed by atoms with E-state index in [-0.39, 0.29) is 12.5 Å². The van der Waals surface area contributed by atoms with Crippen molar-refractivity contribution in [3.8, 4) is 5.75 Å². The van der Waals surface area contributed by atoms with Gasteiger partial charge in [0.25, 0.3) is 5.91 Å². The summed E-state index contributed by atoms with van der Waals surface area (Å²) in [4.78, 5) is 12.2. The molecule has 0 aliphatic heterocycles. The highest BCUT2D eigenvalue weighted by molar-refractivity contribution is 5.78. The zero-order chi connectivity index (χ0) is 14.9. The minimum atomic E-state index is 0.0472. The highest BCUT2D eigenvalue weighted by atomic mass is 16.5. The predicted octanol–water partition coefficient (Wildman–Crippen LogP) is 3.25. The van der Waals surface area contributed by atoms with E-state index in [0.717, 1.165) is 30.4 Å². The van der Waals surface area contributed by atoms with Gasteiger partial charge in [0.15, 0.2) is 6.61 Å². The van der Waals surface area contributed by atoms with E-state index < -0.39 is 0 Å². The van der Waals surface area contributed by atoms with Crippen molar-refractivity contribution < 1.29 is 9.53 Å². The summed E-state index contributed by atoms with van der Waals surface area (Å²) in [6.45, 7) is 0.157. The van der Waals surface area contributed by atoms with Crippen molar-refractivity contribution in [2.24, 2.45) is 11.8 Å². The van der Waals surface area contributed by atoms with Gasteiger partial charge in [0.1, 0.15) is 5.75 Å². The smallest absolute Gasteiger partial charge is 0.258 e. The van der Waals surface area contributed by atoms with Crippen LogP contribution in [0.5, 0.6) is 5.75 Å². The van der Waals surface area contributed by atoms with Gasteiger partial charge in [0.2, 0.25) is 0 Å². The standard InChI is InChI=1S/C19H25NO2/c21-19(20-17-11-13-8-9-15(17)10-13)12-22-18-7-3-5-14-4-1-2-6-16(14)18/h3,5,7,13,15,17H,1-2,4,6,8-12H2,(H,20,21)/t13-,15+,17-/m0/s1. The molecule has 1 aromatic rings. The van der Waals surface area contributed by atoms with Crippen LogP contribution >= 0.6 is 0 Å². The van der Waals surface area contributed by atoms with E-state index in [1.54, 1.807) is 0 Å². The number of carbonyl (C=O) groups is 1. The molecule has 1 N–H and O–H groups in total. The molecule has 3 atom stereocenters. The lowest BCUT2D eigenvalue weighted by Crippen LogP contribution is -2.41. The van der Waals surface area contributed by atoms with Crippen molar-refractivity contribution in [2.45, 2.75) is 57.4 Å². The fourth-order valence-corrected chi connectivity index (χ4v) is 4.69. The van der Waals surface area contributed by atoms with Gasteiger partial charge in [0.05, 0.1) is 0 Å². The molecule has 0 unspecified atom stereocenters. The average molecular weight is 299 g/mol. The van der Waals surface area contributed by atoms with Crippen LogP contribution in [0.4, 0.5) is 0 Å². The normalized spacial score (nSPS) is 29.2. The maximum absolute atomic E-state index is 12.2. The lowest BCUT2D eigenvalue weighted by Gasteiger charge is -2.23. The largest absolute Gasteiger partial charge is 0.483 e. The van der Waals surface area contributed by atoms with Gasteiger partial charge in [-0.15, -0.1) is 0 Å². The van der Waals surface area contributed by atoms with Crippen LogP contribution < -0.4 is 10.1 Å². The van der Waals surface area contributed by atoms with Gasteiger partial charge in [-0.2, -0.15) is 0 Å². The Balaban J connectivity index is 1.34. The fourth-order valence-electron chi connectivity index (χ4n) is 4.69. The summed E-state index contributed by atoms with van der Waals surface area (Å²) in [6, 6.07) is 6.65. The average Bonchev–Trinajstić information content (AvgIpc) is 3.15. The zero-order valence-electron chi connectivity index (χ0n) is 13.1. The zero-order valence-corrected chi connectivity index (χ0v) is 13.1. The van der Waals surface area contributed by atoms with E-state index in [0.29, 0.717) is 6.04 Å². The molecule has 3 aliphatic carbocycles. The molecule has 0 heterocycles. The van der Waals surface area contributed by atoms with Crippen LogP contribution in [-0.2, 0) is 17.6 Å². The SMILES string of the molecule is O=C(COc1cccc2c1CCCC2)N[C@H]1C[C@H]2CC[C@@H]1C2. The molecule has 3 aliphatic rings. The third-order valence-electron chi connectivity index (χ3n) is 5.80. The van der Waals surface area contributed by atoms with Crippen LogP contribution in [0, 0.1) is 11.8 Å². The van der Waals surface area contributed by atoms with Crippen LogP contribution in [0.3, 0.4) is 0 Å². The summed E-state index contributed by atoms with van der Waals surface area (Å²) in [5, 5.41) is 3.20. The third kappa shape index (κ3) is 2.73. The minimum Gasteiger partial charge on any atom is -0.483 e. The maximum atomic E-state index is 12.2. The van der Waals surface area contributed by atoms with Crippen LogP contribution in [0.25, 0.3) is 0 Å². The second kappa shape index (κ2) is 5.94. The number of fused-ring (bicyclic) bond motifs is 3. The summed E-state index contributed by atoms with van der Waals surface area (Å²) < 4.78 is 5.84. The molecule has 1 amide bonds. The van der Waals surface area contributed by atoms with Gasteiger partial charge >= 0.3 is 0 Å². The molecule has 4 rings (SSSR count). The summed E-state index contributed by atoms with van der Waals surface area (Å²) in [5.41, 5.74) is 2.72. The Hall–Kier alpha value is -1.51. The second-order valence-corrected chi connectivity index (χ2v) is 7.24. The number of amides is 1. The highest BCUT2D eigenvalue weighted by Gasteiger charge is 2.40. The molecular formula is C19H25NO2. The number of benzene rings is 1. The van der Waals surface area contributed by atoms with Gasteiger partial charge in [0, 0.05) is 6.04 Å². The highest BCUT2D eigenvalue weighted by Crippen LogP contribution is 2.44. The van der Waals surface area contributed by atoms with E-state index in [2.05, 4.69) is 11.4 Å². The topological polar surface area (TPSA) is 38.3 Å². The van der Waals surface area contributed by atoms with Crippen LogP contribution in [0.1, 0.15) is 49.7 Å². The molecule has 0 radical (unpaired) electrons. The maximum Gasteiger partial charge on any atom is 0.258 e. The number of hydrogen-bond acceptors (Lipinski definition) is 2. The number of aryl methyl sites for hydroxylation is 1. The molecule has 1 aromatic carbocycles. The van der Waals surface area contributed by atoms with Gasteiger partial charge in [-0.25, -0.2) is 0 Å². The number of nitrogens with one attached hydrogen (secondary N) is 1. The molecule has 2 bridgehead atoms. The second-order valence-electron chi connectivity index (χ2n) is 7.24. The molecule has 0 aromatic heterocycles. The summed E-state index contributed by atoms with van der Waals surface area (Å²) in [7, 11) is 0. The molecule has 3 heteroatoms. The summed E-state index contributed by atoms with van der Waals surface area (Å²) in [5.74, 6) is 2.54. The lowest BCUT2D eigenvalue weighted by molar-refractivity contribution is -0.124. The first-order valence-electron chi connectivity index (χ1n) is 8.82. The summed E-state index contributed by atoms with van der Waals surface area (Å²) in [6.07, 6.45) is 9.87. The van der Waals surface area contributed by atoms with Gasteiger partial charge in [-0.05, 0) is 74.0 Å². The van der Waals surface area contributed by atoms with Crippen molar-refractivity contribution in [3.05, 3.63) is 29.3 Å². The fraction of sp³-hybridized carbons (Fsp3) is 0.632. The van der Waals surface area contributed by atoms with Crippen LogP contribution in [0.2, 0.25) is 0 Å². The van der Waals surface area contributed by atoms with E-state index in [1.165, 1.54) is 49.7 Å². The Labute approximate surface area is 132 Å². The number of hydrogen-bond donors (Lipinski definition) is 1. The first-order valence-corrected chi connectivity index (χ1v) is 8.82. The molecule has 2 saturated carbocycles. The van der Waals surface area contributed by atoms with Gasteiger partial charge < -0.3 is 10.1 Å². The molecule has 118 valence electrons. The van der Waals surface area contributed by atoms with E-state index >= 15 is 0 Å². The van der Waals surface area contributed by atoms with E-state index in [4.69, 9.17) is 4.74 Å². The van der Waals surface area contributed by atoms with E-state index in [9.17, 15) is 4.79 Å². The molecule has 0 saturated heterocycles. The molecule has 2 fully saturated rings. The summed E-state index contributed by atoms with van der Waals surface area (Å²) >= 11 is 0. The monoisotopic (exact) mass is 299 g/mol. The Morgan fingerprint density at radius 1 is 1.18 bits per heavy atom. The first-order chi connectivity index (χ1) is 10.8. The first kappa shape index (κ1) is 14.1. The van der Waals surface area contributed by atoms with Gasteiger partial charge in [-0.3, -0.25) is 4.79 Å². The Morgan fingerprint density at radius 3 is 2.91 bits per heavy atom. The van der Waals surface area contributed by atoms with Crippen molar-refractivity contribution >= 4 is 5.91 Å². The number of ether oxygens (including phenoxy) is 1. The van der Waals surface area contributed by atoms with Crippen molar-refractivity contribution in [1.29, 1.82) is 0 Å². The lowest BCUT2D eigenvalue weighted by atomic mass is 9.91. The number of carbonyl (C=O) groups excluding carboxylic acids is 1. The molecule has 22 heavy (non-hydrogen) atoms. The molecule has 0 spiro atoms. The minimum absolute atomic E-state index is 0.0472. The van der Waals surface area contributed by atoms with Crippen LogP contribution in [-0.4, -0.2) is 18.6 Å². The number of rotatable bonds is 4. The van der Waals surface area contributed by atoms with E-state index in [1.807, 2.05) is 12.1 Å². The predicted molar refractivity (Wildman–Crippen MR) is 86.0 cm³/mol. The Bertz CT molecular complexity index is 569. The van der Waals surface area contributed by atoms with Crippen molar-refractivity contribution in [3.63, 3.8) is 0 Å². The molecular weight excluding hydrogens is 274 g/mol. The third-order valence-corrected chi connectivity index (χ3v) is 5.80. The Kier molecular flexibility index (Phi) is 3.81. The van der Waals surface area contributed by atoms with Crippen molar-refractivity contribution in [2.75, 3.05) is 6.61 Å². The van der Waals surface area contributed by atoms with Crippen LogP contribution in [0.15, 0.2) is 18.2 Å². The molecule has 3 nitrogen and oxygen atoms in total. The van der Waals surface area contributed by atoms with Gasteiger partial charge in [-0.1, -0.05) is 18.6 Å².